The van der Waals surface area contributed by atoms with Gasteiger partial charge in [0, 0.05) is 12.1 Å². The van der Waals surface area contributed by atoms with Gasteiger partial charge in [-0.1, -0.05) is 11.6 Å². The summed E-state index contributed by atoms with van der Waals surface area (Å²) in [6.07, 6.45) is 0. The quantitative estimate of drug-likeness (QED) is 0.904. The molecule has 0 aromatic heterocycles. The molecule has 0 aliphatic rings. The van der Waals surface area contributed by atoms with Crippen LogP contribution in [-0.4, -0.2) is 13.7 Å². The van der Waals surface area contributed by atoms with Crippen LogP contribution < -0.4 is 15.2 Å². The maximum Gasteiger partial charge on any atom is 0.175 e. The molecule has 0 aliphatic carbocycles. The summed E-state index contributed by atoms with van der Waals surface area (Å²) < 4.78 is 11.7. The van der Waals surface area contributed by atoms with Crippen LogP contribution in [0.3, 0.4) is 0 Å². The Morgan fingerprint density at radius 3 is 2.76 bits per heavy atom. The van der Waals surface area contributed by atoms with Crippen LogP contribution in [0.25, 0.3) is 0 Å². The van der Waals surface area contributed by atoms with Crippen molar-refractivity contribution in [2.75, 3.05) is 13.7 Å². The molecule has 94 valence electrons. The first-order valence-corrected chi connectivity index (χ1v) is 6.30. The maximum absolute atomic E-state index is 5.65. The molecule has 0 fully saturated rings. The van der Waals surface area contributed by atoms with Crippen molar-refractivity contribution >= 4 is 27.5 Å². The zero-order chi connectivity index (χ0) is 12.8. The number of nitrogens with two attached hydrogens (primary N) is 1. The SMILES string of the molecule is COc1cc(CN)cc(Br)c1OC/C(C)=C/Cl. The molecule has 0 amide bonds. The number of hydrogen-bond donors (Lipinski definition) is 1. The molecule has 0 radical (unpaired) electrons. The van der Waals surface area contributed by atoms with Crippen LogP contribution in [0.2, 0.25) is 0 Å². The Morgan fingerprint density at radius 2 is 2.24 bits per heavy atom. The van der Waals surface area contributed by atoms with Crippen LogP contribution in [-0.2, 0) is 6.54 Å². The summed E-state index contributed by atoms with van der Waals surface area (Å²) in [7, 11) is 1.60. The zero-order valence-corrected chi connectivity index (χ0v) is 12.1. The minimum Gasteiger partial charge on any atom is -0.493 e. The van der Waals surface area contributed by atoms with Crippen molar-refractivity contribution in [3.63, 3.8) is 0 Å². The Hall–Kier alpha value is -0.710. The van der Waals surface area contributed by atoms with Crippen molar-refractivity contribution in [1.29, 1.82) is 0 Å². The Kier molecular flexibility index (Phi) is 5.82. The summed E-state index contributed by atoms with van der Waals surface area (Å²) in [6.45, 7) is 2.76. The van der Waals surface area contributed by atoms with Gasteiger partial charge < -0.3 is 15.2 Å². The Bertz CT molecular complexity index is 421. The van der Waals surface area contributed by atoms with E-state index >= 15 is 0 Å². The highest BCUT2D eigenvalue weighted by Crippen LogP contribution is 2.36. The highest BCUT2D eigenvalue weighted by Gasteiger charge is 2.11. The highest BCUT2D eigenvalue weighted by atomic mass is 79.9. The monoisotopic (exact) mass is 319 g/mol. The molecule has 0 aliphatic heterocycles. The van der Waals surface area contributed by atoms with Crippen molar-refractivity contribution in [1.82, 2.24) is 0 Å². The largest absolute Gasteiger partial charge is 0.493 e. The molecule has 17 heavy (non-hydrogen) atoms. The van der Waals surface area contributed by atoms with E-state index in [0.29, 0.717) is 24.7 Å². The van der Waals surface area contributed by atoms with Crippen LogP contribution in [0.15, 0.2) is 27.7 Å². The third kappa shape index (κ3) is 3.91. The third-order valence-corrected chi connectivity index (χ3v) is 3.12. The van der Waals surface area contributed by atoms with Gasteiger partial charge in [-0.05, 0) is 46.1 Å². The number of rotatable bonds is 5. The number of methoxy groups -OCH3 is 1. The second-order valence-corrected chi connectivity index (χ2v) is 4.63. The van der Waals surface area contributed by atoms with Crippen molar-refractivity contribution in [3.8, 4) is 11.5 Å². The van der Waals surface area contributed by atoms with Crippen LogP contribution in [0.5, 0.6) is 11.5 Å². The molecule has 2 N–H and O–H groups in total. The Labute approximate surface area is 115 Å². The molecule has 0 unspecified atom stereocenters. The summed E-state index contributed by atoms with van der Waals surface area (Å²) in [5.41, 5.74) is 9.00. The van der Waals surface area contributed by atoms with E-state index < -0.39 is 0 Å². The molecule has 1 aromatic rings. The van der Waals surface area contributed by atoms with Crippen molar-refractivity contribution < 1.29 is 9.47 Å². The molecular formula is C12H15BrClNO2. The smallest absolute Gasteiger partial charge is 0.175 e. The molecule has 0 bridgehead atoms. The molecule has 0 atom stereocenters. The molecule has 0 saturated heterocycles. The minimum absolute atomic E-state index is 0.417. The van der Waals surface area contributed by atoms with Gasteiger partial charge in [0.1, 0.15) is 6.61 Å². The van der Waals surface area contributed by atoms with Crippen molar-refractivity contribution in [2.45, 2.75) is 13.5 Å². The lowest BCUT2D eigenvalue weighted by atomic mass is 10.2. The van der Waals surface area contributed by atoms with Gasteiger partial charge in [0.15, 0.2) is 11.5 Å². The van der Waals surface area contributed by atoms with Crippen LogP contribution >= 0.6 is 27.5 Å². The second kappa shape index (κ2) is 6.89. The molecule has 5 heteroatoms. The molecule has 0 heterocycles. The van der Waals surface area contributed by atoms with Gasteiger partial charge in [0.25, 0.3) is 0 Å². The molecule has 1 aromatic carbocycles. The van der Waals surface area contributed by atoms with Gasteiger partial charge in [0.05, 0.1) is 11.6 Å². The van der Waals surface area contributed by atoms with Crippen LogP contribution in [0.1, 0.15) is 12.5 Å². The first kappa shape index (κ1) is 14.4. The third-order valence-electron chi connectivity index (χ3n) is 2.16. The highest BCUT2D eigenvalue weighted by molar-refractivity contribution is 9.10. The number of hydrogen-bond acceptors (Lipinski definition) is 3. The lowest BCUT2D eigenvalue weighted by Gasteiger charge is -2.14. The molecule has 1 rings (SSSR count). The van der Waals surface area contributed by atoms with E-state index in [9.17, 15) is 0 Å². The van der Waals surface area contributed by atoms with Crippen molar-refractivity contribution in [3.05, 3.63) is 33.3 Å². The fraction of sp³-hybridized carbons (Fsp3) is 0.333. The van der Waals surface area contributed by atoms with Gasteiger partial charge >= 0.3 is 0 Å². The first-order chi connectivity index (χ1) is 8.12. The number of ether oxygens (including phenoxy) is 2. The summed E-state index contributed by atoms with van der Waals surface area (Å²) >= 11 is 9.02. The normalized spacial score (nSPS) is 11.5. The van der Waals surface area contributed by atoms with E-state index in [1.54, 1.807) is 7.11 Å². The van der Waals surface area contributed by atoms with E-state index in [1.807, 2.05) is 19.1 Å². The number of benzene rings is 1. The molecule has 0 spiro atoms. The van der Waals surface area contributed by atoms with E-state index in [0.717, 1.165) is 15.6 Å². The summed E-state index contributed by atoms with van der Waals surface area (Å²) in [4.78, 5) is 0. The summed E-state index contributed by atoms with van der Waals surface area (Å²) in [5, 5.41) is 0. The van der Waals surface area contributed by atoms with E-state index in [-0.39, 0.29) is 0 Å². The first-order valence-electron chi connectivity index (χ1n) is 5.07. The Morgan fingerprint density at radius 1 is 1.53 bits per heavy atom. The fourth-order valence-corrected chi connectivity index (χ4v) is 1.92. The van der Waals surface area contributed by atoms with E-state index in [2.05, 4.69) is 15.9 Å². The molecule has 0 saturated carbocycles. The van der Waals surface area contributed by atoms with Gasteiger partial charge in [-0.15, -0.1) is 0 Å². The van der Waals surface area contributed by atoms with Gasteiger partial charge in [-0.3, -0.25) is 0 Å². The number of halogens is 2. The van der Waals surface area contributed by atoms with Crippen molar-refractivity contribution in [2.24, 2.45) is 5.73 Å². The predicted molar refractivity (Wildman–Crippen MR) is 73.7 cm³/mol. The van der Waals surface area contributed by atoms with Gasteiger partial charge in [0.2, 0.25) is 0 Å². The maximum atomic E-state index is 5.65. The summed E-state index contributed by atoms with van der Waals surface area (Å²) in [6, 6.07) is 3.78. The van der Waals surface area contributed by atoms with Gasteiger partial charge in [-0.2, -0.15) is 0 Å². The Balaban J connectivity index is 2.97. The predicted octanol–water partition coefficient (Wildman–Crippen LogP) is 3.44. The average molecular weight is 321 g/mol. The summed E-state index contributed by atoms with van der Waals surface area (Å²) in [5.74, 6) is 1.31. The lowest BCUT2D eigenvalue weighted by molar-refractivity contribution is 0.317. The second-order valence-electron chi connectivity index (χ2n) is 3.56. The standard InChI is InChI=1S/C12H15BrClNO2/c1-8(5-14)7-17-12-10(13)3-9(6-15)4-11(12)16-2/h3-5H,6-7,15H2,1-2H3/b8-5+. The average Bonchev–Trinajstić information content (AvgIpc) is 2.35. The topological polar surface area (TPSA) is 44.5 Å². The van der Waals surface area contributed by atoms with E-state index in [4.69, 9.17) is 26.8 Å². The minimum atomic E-state index is 0.417. The fourth-order valence-electron chi connectivity index (χ4n) is 1.25. The van der Waals surface area contributed by atoms with Gasteiger partial charge in [-0.25, -0.2) is 0 Å². The lowest BCUT2D eigenvalue weighted by Crippen LogP contribution is -2.03. The molecule has 3 nitrogen and oxygen atoms in total. The van der Waals surface area contributed by atoms with E-state index in [1.165, 1.54) is 5.54 Å². The van der Waals surface area contributed by atoms with Crippen LogP contribution in [0.4, 0.5) is 0 Å². The van der Waals surface area contributed by atoms with Crippen LogP contribution in [0, 0.1) is 0 Å². The molecular weight excluding hydrogens is 305 g/mol. The zero-order valence-electron chi connectivity index (χ0n) is 9.80.